The lowest BCUT2D eigenvalue weighted by molar-refractivity contribution is -0.130. The first-order valence-corrected chi connectivity index (χ1v) is 14.7. The van der Waals surface area contributed by atoms with Crippen molar-refractivity contribution in [3.8, 4) is 0 Å². The summed E-state index contributed by atoms with van der Waals surface area (Å²) in [6.07, 6.45) is 3.35. The number of aromatic nitrogens is 2. The van der Waals surface area contributed by atoms with Crippen molar-refractivity contribution in [3.63, 3.8) is 0 Å². The number of amides is 3. The maximum atomic E-state index is 13.0. The van der Waals surface area contributed by atoms with Gasteiger partial charge in [-0.15, -0.1) is 11.8 Å². The van der Waals surface area contributed by atoms with Crippen LogP contribution in [0.15, 0.2) is 53.0 Å². The third-order valence-electron chi connectivity index (χ3n) is 6.72. The molecule has 2 saturated heterocycles. The van der Waals surface area contributed by atoms with Crippen molar-refractivity contribution in [2.75, 3.05) is 62.6 Å². The Kier molecular flexibility index (Phi) is 8.74. The first kappa shape index (κ1) is 27.1. The first-order chi connectivity index (χ1) is 19.0. The quantitative estimate of drug-likeness (QED) is 0.421. The topological polar surface area (TPSA) is 111 Å². The van der Waals surface area contributed by atoms with Crippen LogP contribution in [-0.4, -0.2) is 89.8 Å². The summed E-state index contributed by atoms with van der Waals surface area (Å²) >= 11 is 3.02. The SMILES string of the molecule is CC(=O)N1CCN(C(=O)c2cccc(CSc3cnc(NC(=O)c4ccc(N5CCNCC5)nc4)s3)c2)CC1. The Labute approximate surface area is 235 Å². The summed E-state index contributed by atoms with van der Waals surface area (Å²) in [5.41, 5.74) is 2.17. The van der Waals surface area contributed by atoms with Gasteiger partial charge in [0.05, 0.1) is 16.0 Å². The third-order valence-corrected chi connectivity index (χ3v) is 8.90. The molecule has 4 heterocycles. The predicted molar refractivity (Wildman–Crippen MR) is 154 cm³/mol. The van der Waals surface area contributed by atoms with E-state index in [9.17, 15) is 14.4 Å². The molecule has 2 fully saturated rings. The van der Waals surface area contributed by atoms with Gasteiger partial charge in [-0.1, -0.05) is 23.5 Å². The van der Waals surface area contributed by atoms with Crippen molar-refractivity contribution in [1.29, 1.82) is 0 Å². The summed E-state index contributed by atoms with van der Waals surface area (Å²) in [4.78, 5) is 51.8. The fourth-order valence-corrected chi connectivity index (χ4v) is 6.32. The molecular formula is C27H31N7O3S2. The Balaban J connectivity index is 1.12. The van der Waals surface area contributed by atoms with E-state index in [-0.39, 0.29) is 17.7 Å². The minimum absolute atomic E-state index is 0.0108. The van der Waals surface area contributed by atoms with Crippen LogP contribution < -0.4 is 15.5 Å². The third kappa shape index (κ3) is 6.94. The average molecular weight is 566 g/mol. The van der Waals surface area contributed by atoms with Gasteiger partial charge in [-0.2, -0.15) is 0 Å². The number of carbonyl (C=O) groups is 3. The van der Waals surface area contributed by atoms with Crippen molar-refractivity contribution in [1.82, 2.24) is 25.1 Å². The zero-order chi connectivity index (χ0) is 27.2. The molecule has 204 valence electrons. The molecule has 0 bridgehead atoms. The molecule has 2 aliphatic heterocycles. The number of thioether (sulfide) groups is 1. The summed E-state index contributed by atoms with van der Waals surface area (Å²) in [6, 6.07) is 11.3. The maximum Gasteiger partial charge on any atom is 0.259 e. The molecule has 0 unspecified atom stereocenters. The number of nitrogens with zero attached hydrogens (tertiary/aromatic N) is 5. The van der Waals surface area contributed by atoms with Crippen LogP contribution in [0.2, 0.25) is 0 Å². The molecule has 39 heavy (non-hydrogen) atoms. The second-order valence-corrected chi connectivity index (χ2v) is 11.7. The molecule has 3 amide bonds. The van der Waals surface area contributed by atoms with Crippen LogP contribution in [0, 0.1) is 0 Å². The van der Waals surface area contributed by atoms with Gasteiger partial charge in [0.1, 0.15) is 5.82 Å². The molecule has 3 aromatic rings. The molecule has 0 atom stereocenters. The van der Waals surface area contributed by atoms with E-state index in [0.717, 1.165) is 41.8 Å². The molecule has 0 radical (unpaired) electrons. The van der Waals surface area contributed by atoms with Gasteiger partial charge >= 0.3 is 0 Å². The number of benzene rings is 1. The van der Waals surface area contributed by atoms with E-state index in [1.165, 1.54) is 11.3 Å². The number of hydrogen-bond acceptors (Lipinski definition) is 9. The van der Waals surface area contributed by atoms with E-state index in [1.54, 1.807) is 46.9 Å². The molecule has 2 aliphatic rings. The van der Waals surface area contributed by atoms with E-state index >= 15 is 0 Å². The van der Waals surface area contributed by atoms with E-state index in [4.69, 9.17) is 0 Å². The van der Waals surface area contributed by atoms with Gasteiger partial charge in [0.15, 0.2) is 5.13 Å². The lowest BCUT2D eigenvalue weighted by atomic mass is 10.1. The number of rotatable bonds is 7. The number of carbonyl (C=O) groups excluding carboxylic acids is 3. The molecule has 12 heteroatoms. The number of nitrogens with one attached hydrogen (secondary N) is 2. The lowest BCUT2D eigenvalue weighted by Crippen LogP contribution is -2.50. The Hall–Kier alpha value is -3.48. The van der Waals surface area contributed by atoms with Crippen LogP contribution in [-0.2, 0) is 10.5 Å². The summed E-state index contributed by atoms with van der Waals surface area (Å²) < 4.78 is 0.967. The second kappa shape index (κ2) is 12.6. The number of thiazole rings is 1. The van der Waals surface area contributed by atoms with Gasteiger partial charge in [-0.05, 0) is 29.8 Å². The monoisotopic (exact) mass is 565 g/mol. The normalized spacial score (nSPS) is 15.8. The van der Waals surface area contributed by atoms with Crippen molar-refractivity contribution in [2.24, 2.45) is 0 Å². The molecule has 2 N–H and O–H groups in total. The highest BCUT2D eigenvalue weighted by Gasteiger charge is 2.23. The van der Waals surface area contributed by atoms with Gasteiger partial charge in [0.25, 0.3) is 11.8 Å². The minimum atomic E-state index is -0.240. The fraction of sp³-hybridized carbons (Fsp3) is 0.370. The second-order valence-electron chi connectivity index (χ2n) is 9.37. The molecule has 0 spiro atoms. The standard InChI is InChI=1S/C27H31N7O3S2/c1-19(35)32-11-13-34(14-12-32)26(37)21-4-2-3-20(15-21)18-38-24-17-30-27(39-24)31-25(36)22-5-6-23(29-16-22)33-9-7-28-8-10-33/h2-6,15-17,28H,7-14,18H2,1H3,(H,30,31,36). The van der Waals surface area contributed by atoms with Gasteiger partial charge < -0.3 is 20.0 Å². The van der Waals surface area contributed by atoms with E-state index < -0.39 is 0 Å². The Bertz CT molecular complexity index is 1320. The fourth-order valence-electron chi connectivity index (χ4n) is 4.51. The van der Waals surface area contributed by atoms with Crippen LogP contribution in [0.1, 0.15) is 33.2 Å². The molecule has 10 nitrogen and oxygen atoms in total. The summed E-state index contributed by atoms with van der Waals surface area (Å²) in [5.74, 6) is 1.34. The van der Waals surface area contributed by atoms with Crippen molar-refractivity contribution in [3.05, 3.63) is 65.5 Å². The molecule has 1 aromatic carbocycles. The van der Waals surface area contributed by atoms with Gasteiger partial charge in [0.2, 0.25) is 5.91 Å². The van der Waals surface area contributed by atoms with Gasteiger partial charge in [0, 0.05) is 76.8 Å². The van der Waals surface area contributed by atoms with Crippen molar-refractivity contribution < 1.29 is 14.4 Å². The van der Waals surface area contributed by atoms with Crippen LogP contribution in [0.5, 0.6) is 0 Å². The molecule has 2 aromatic heterocycles. The number of piperazine rings is 2. The average Bonchev–Trinajstić information content (AvgIpc) is 3.43. The lowest BCUT2D eigenvalue weighted by Gasteiger charge is -2.34. The van der Waals surface area contributed by atoms with Crippen LogP contribution in [0.25, 0.3) is 0 Å². The summed E-state index contributed by atoms with van der Waals surface area (Å²) in [6.45, 7) is 7.45. The number of pyridine rings is 1. The Morgan fingerprint density at radius 2 is 1.72 bits per heavy atom. The van der Waals surface area contributed by atoms with Gasteiger partial charge in [-0.3, -0.25) is 19.7 Å². The molecule has 0 saturated carbocycles. The zero-order valence-electron chi connectivity index (χ0n) is 21.8. The van der Waals surface area contributed by atoms with E-state index in [1.807, 2.05) is 30.3 Å². The smallest absolute Gasteiger partial charge is 0.259 e. The van der Waals surface area contributed by atoms with E-state index in [2.05, 4.69) is 25.5 Å². The zero-order valence-corrected chi connectivity index (χ0v) is 23.4. The Morgan fingerprint density at radius 3 is 2.44 bits per heavy atom. The summed E-state index contributed by atoms with van der Waals surface area (Å²) in [7, 11) is 0. The number of anilines is 2. The maximum absolute atomic E-state index is 13.0. The van der Waals surface area contributed by atoms with Gasteiger partial charge in [-0.25, -0.2) is 9.97 Å². The van der Waals surface area contributed by atoms with E-state index in [0.29, 0.717) is 48.2 Å². The highest BCUT2D eigenvalue weighted by Crippen LogP contribution is 2.31. The van der Waals surface area contributed by atoms with Crippen molar-refractivity contribution in [2.45, 2.75) is 16.9 Å². The molecule has 5 rings (SSSR count). The van der Waals surface area contributed by atoms with Crippen LogP contribution in [0.4, 0.5) is 10.9 Å². The minimum Gasteiger partial charge on any atom is -0.354 e. The van der Waals surface area contributed by atoms with Crippen molar-refractivity contribution >= 4 is 51.8 Å². The Morgan fingerprint density at radius 1 is 0.949 bits per heavy atom. The highest BCUT2D eigenvalue weighted by atomic mass is 32.2. The van der Waals surface area contributed by atoms with Crippen LogP contribution in [0.3, 0.4) is 0 Å². The van der Waals surface area contributed by atoms with Crippen LogP contribution >= 0.6 is 23.1 Å². The number of hydrogen-bond donors (Lipinski definition) is 2. The summed E-state index contributed by atoms with van der Waals surface area (Å²) in [5, 5.41) is 6.71. The largest absolute Gasteiger partial charge is 0.354 e. The molecular weight excluding hydrogens is 534 g/mol. The highest BCUT2D eigenvalue weighted by molar-refractivity contribution is 8.00. The predicted octanol–water partition coefficient (Wildman–Crippen LogP) is 2.80. The molecule has 0 aliphatic carbocycles. The first-order valence-electron chi connectivity index (χ1n) is 12.9.